The number of nitrogens with one attached hydrogen (secondary N) is 1. The van der Waals surface area contributed by atoms with Gasteiger partial charge in [0.1, 0.15) is 5.69 Å². The molecule has 0 radical (unpaired) electrons. The molecular formula is C15H17ClN2O3. The number of halogens is 1. The topological polar surface area (TPSA) is 64.4 Å². The zero-order valence-corrected chi connectivity index (χ0v) is 12.4. The van der Waals surface area contributed by atoms with Gasteiger partial charge in [-0.25, -0.2) is 0 Å². The van der Waals surface area contributed by atoms with Gasteiger partial charge < -0.3 is 14.6 Å². The summed E-state index contributed by atoms with van der Waals surface area (Å²) < 4.78 is 10.5. The fraction of sp³-hybridized carbons (Fsp3) is 0.467. The summed E-state index contributed by atoms with van der Waals surface area (Å²) in [7, 11) is 0. The number of benzene rings is 1. The molecule has 1 aromatic carbocycles. The molecule has 3 rings (SSSR count). The largest absolute Gasteiger partial charge is 0.381 e. The SMILES string of the molecule is O=C(Cc1noc2ccccc12)NC1(CCl)CCOCC1. The number of amides is 1. The van der Waals surface area contributed by atoms with Crippen molar-refractivity contribution in [2.24, 2.45) is 0 Å². The standard InChI is InChI=1S/C15H17ClN2O3/c16-10-15(5-7-20-8-6-15)17-14(19)9-12-11-3-1-2-4-13(11)21-18-12/h1-4H,5-10H2,(H,17,19). The highest BCUT2D eigenvalue weighted by atomic mass is 35.5. The highest BCUT2D eigenvalue weighted by molar-refractivity contribution is 6.18. The molecule has 1 saturated heterocycles. The number of carbonyl (C=O) groups excluding carboxylic acids is 1. The lowest BCUT2D eigenvalue weighted by Crippen LogP contribution is -2.53. The summed E-state index contributed by atoms with van der Waals surface area (Å²) in [6.45, 7) is 1.25. The van der Waals surface area contributed by atoms with E-state index < -0.39 is 0 Å². The minimum absolute atomic E-state index is 0.0865. The van der Waals surface area contributed by atoms with Crippen LogP contribution in [-0.2, 0) is 16.0 Å². The van der Waals surface area contributed by atoms with E-state index >= 15 is 0 Å². The van der Waals surface area contributed by atoms with Crippen LogP contribution in [0.5, 0.6) is 0 Å². The third-order valence-electron chi connectivity index (χ3n) is 3.89. The van der Waals surface area contributed by atoms with Crippen molar-refractivity contribution < 1.29 is 14.1 Å². The zero-order chi connectivity index (χ0) is 14.7. The van der Waals surface area contributed by atoms with Crippen LogP contribution < -0.4 is 5.32 Å². The molecule has 1 aromatic heterocycles. The van der Waals surface area contributed by atoms with Crippen LogP contribution in [0.1, 0.15) is 18.5 Å². The molecule has 1 aliphatic heterocycles. The van der Waals surface area contributed by atoms with E-state index in [-0.39, 0.29) is 17.9 Å². The summed E-state index contributed by atoms with van der Waals surface area (Å²) in [6.07, 6.45) is 1.67. The second-order valence-electron chi connectivity index (χ2n) is 5.38. The molecule has 0 unspecified atom stereocenters. The van der Waals surface area contributed by atoms with Crippen molar-refractivity contribution >= 4 is 28.5 Å². The average Bonchev–Trinajstić information content (AvgIpc) is 2.91. The Morgan fingerprint density at radius 2 is 2.10 bits per heavy atom. The van der Waals surface area contributed by atoms with Crippen molar-refractivity contribution in [2.45, 2.75) is 24.8 Å². The minimum Gasteiger partial charge on any atom is -0.381 e. The predicted octanol–water partition coefficient (Wildman–Crippen LogP) is 2.27. The smallest absolute Gasteiger partial charge is 0.226 e. The minimum atomic E-state index is -0.365. The number of hydrogen-bond acceptors (Lipinski definition) is 4. The third-order valence-corrected chi connectivity index (χ3v) is 4.40. The van der Waals surface area contributed by atoms with Gasteiger partial charge in [-0.3, -0.25) is 4.79 Å². The maximum atomic E-state index is 12.3. The first kappa shape index (κ1) is 14.4. The lowest BCUT2D eigenvalue weighted by atomic mass is 9.92. The van der Waals surface area contributed by atoms with Crippen LogP contribution in [0.4, 0.5) is 0 Å². The van der Waals surface area contributed by atoms with Gasteiger partial charge in [0.05, 0.1) is 12.0 Å². The van der Waals surface area contributed by atoms with Gasteiger partial charge in [0.15, 0.2) is 5.58 Å². The molecule has 0 bridgehead atoms. The number of alkyl halides is 1. The Morgan fingerprint density at radius 1 is 1.33 bits per heavy atom. The summed E-state index contributed by atoms with van der Waals surface area (Å²) in [5.74, 6) is 0.304. The van der Waals surface area contributed by atoms with Crippen molar-refractivity contribution in [1.82, 2.24) is 10.5 Å². The van der Waals surface area contributed by atoms with Crippen LogP contribution in [-0.4, -0.2) is 35.7 Å². The number of hydrogen-bond donors (Lipinski definition) is 1. The number of fused-ring (bicyclic) bond motifs is 1. The molecule has 1 amide bonds. The number of ether oxygens (including phenoxy) is 1. The Bertz CT molecular complexity index is 635. The fourth-order valence-electron chi connectivity index (χ4n) is 2.61. The third kappa shape index (κ3) is 3.04. The second kappa shape index (κ2) is 6.03. The van der Waals surface area contributed by atoms with Gasteiger partial charge in [-0.2, -0.15) is 0 Å². The van der Waals surface area contributed by atoms with E-state index in [1.54, 1.807) is 0 Å². The molecule has 0 spiro atoms. The number of para-hydroxylation sites is 1. The molecule has 112 valence electrons. The monoisotopic (exact) mass is 308 g/mol. The Balaban J connectivity index is 1.71. The van der Waals surface area contributed by atoms with E-state index in [0.717, 1.165) is 18.2 Å². The highest BCUT2D eigenvalue weighted by Gasteiger charge is 2.33. The first-order valence-electron chi connectivity index (χ1n) is 7.00. The number of nitrogens with zero attached hydrogens (tertiary/aromatic N) is 1. The number of rotatable bonds is 4. The normalized spacial score (nSPS) is 17.8. The summed E-state index contributed by atoms with van der Waals surface area (Å²) in [4.78, 5) is 12.3. The maximum Gasteiger partial charge on any atom is 0.226 e. The zero-order valence-electron chi connectivity index (χ0n) is 11.6. The van der Waals surface area contributed by atoms with Crippen molar-refractivity contribution in [3.8, 4) is 0 Å². The quantitative estimate of drug-likeness (QED) is 0.880. The van der Waals surface area contributed by atoms with Crippen molar-refractivity contribution in [1.29, 1.82) is 0 Å². The Labute approximate surface area is 127 Å². The molecule has 1 fully saturated rings. The molecule has 0 atom stereocenters. The summed E-state index contributed by atoms with van der Waals surface area (Å²) >= 11 is 6.05. The first-order chi connectivity index (χ1) is 10.2. The molecule has 0 aliphatic carbocycles. The van der Waals surface area contributed by atoms with Crippen LogP contribution in [0.15, 0.2) is 28.8 Å². The Kier molecular flexibility index (Phi) is 4.12. The molecular weight excluding hydrogens is 292 g/mol. The average molecular weight is 309 g/mol. The van der Waals surface area contributed by atoms with Crippen molar-refractivity contribution in [3.63, 3.8) is 0 Å². The lowest BCUT2D eigenvalue weighted by Gasteiger charge is -2.36. The van der Waals surface area contributed by atoms with E-state index in [1.807, 2.05) is 24.3 Å². The van der Waals surface area contributed by atoms with Crippen molar-refractivity contribution in [3.05, 3.63) is 30.0 Å². The highest BCUT2D eigenvalue weighted by Crippen LogP contribution is 2.23. The first-order valence-corrected chi connectivity index (χ1v) is 7.54. The number of aromatic nitrogens is 1. The van der Waals surface area contributed by atoms with E-state index in [2.05, 4.69) is 10.5 Å². The van der Waals surface area contributed by atoms with E-state index in [4.69, 9.17) is 20.9 Å². The summed E-state index contributed by atoms with van der Waals surface area (Å²) in [5.41, 5.74) is 0.981. The van der Waals surface area contributed by atoms with E-state index in [0.29, 0.717) is 30.4 Å². The molecule has 2 aromatic rings. The van der Waals surface area contributed by atoms with Gasteiger partial charge in [-0.1, -0.05) is 17.3 Å². The van der Waals surface area contributed by atoms with E-state index in [9.17, 15) is 4.79 Å². The molecule has 1 N–H and O–H groups in total. The molecule has 5 nitrogen and oxygen atoms in total. The molecule has 2 heterocycles. The van der Waals surface area contributed by atoms with Crippen LogP contribution in [0.25, 0.3) is 11.0 Å². The second-order valence-corrected chi connectivity index (χ2v) is 5.64. The van der Waals surface area contributed by atoms with Gasteiger partial charge in [0.2, 0.25) is 5.91 Å². The lowest BCUT2D eigenvalue weighted by molar-refractivity contribution is -0.123. The van der Waals surface area contributed by atoms with Crippen LogP contribution >= 0.6 is 11.6 Å². The fourth-order valence-corrected chi connectivity index (χ4v) is 2.95. The van der Waals surface area contributed by atoms with E-state index in [1.165, 1.54) is 0 Å². The molecule has 0 saturated carbocycles. The van der Waals surface area contributed by atoms with Crippen molar-refractivity contribution in [2.75, 3.05) is 19.1 Å². The summed E-state index contributed by atoms with van der Waals surface area (Å²) in [6, 6.07) is 7.52. The van der Waals surface area contributed by atoms with Gasteiger partial charge >= 0.3 is 0 Å². The van der Waals surface area contributed by atoms with Gasteiger partial charge in [-0.05, 0) is 25.0 Å². The van der Waals surface area contributed by atoms with Crippen LogP contribution in [0, 0.1) is 0 Å². The van der Waals surface area contributed by atoms with Crippen LogP contribution in [0.3, 0.4) is 0 Å². The molecule has 6 heteroatoms. The maximum absolute atomic E-state index is 12.3. The van der Waals surface area contributed by atoms with Crippen LogP contribution in [0.2, 0.25) is 0 Å². The Hall–Kier alpha value is -1.59. The van der Waals surface area contributed by atoms with Gasteiger partial charge in [0, 0.05) is 24.5 Å². The molecule has 21 heavy (non-hydrogen) atoms. The van der Waals surface area contributed by atoms with Gasteiger partial charge in [-0.15, -0.1) is 11.6 Å². The molecule has 1 aliphatic rings. The summed E-state index contributed by atoms with van der Waals surface area (Å²) in [5, 5.41) is 7.91. The van der Waals surface area contributed by atoms with Gasteiger partial charge in [0.25, 0.3) is 0 Å². The Morgan fingerprint density at radius 3 is 2.86 bits per heavy atom. The predicted molar refractivity (Wildman–Crippen MR) is 79.4 cm³/mol. The number of carbonyl (C=O) groups is 1.